The van der Waals surface area contributed by atoms with E-state index in [1.807, 2.05) is 35.8 Å². The van der Waals surface area contributed by atoms with E-state index in [1.54, 1.807) is 0 Å². The molecule has 6 amide bonds. The molecule has 12 aliphatic carbocycles. The average molecular weight is 1030 g/mol. The Balaban J connectivity index is 0.636. The van der Waals surface area contributed by atoms with Crippen molar-refractivity contribution in [3.05, 3.63) is 34.9 Å². The number of unbranched alkanes of at least 4 members (excludes halogenated alkanes) is 6. The fraction of sp³-hybridized carbons (Fsp3) is 0.810. The minimum Gasteiger partial charge on any atom is -0.356 e. The summed E-state index contributed by atoms with van der Waals surface area (Å²) in [6.07, 6.45) is 33.4. The lowest BCUT2D eigenvalue weighted by Crippen LogP contribution is -2.60. The van der Waals surface area contributed by atoms with Crippen LogP contribution in [0.3, 0.4) is 0 Å². The monoisotopic (exact) mass is 1030 g/mol. The van der Waals surface area contributed by atoms with Crippen molar-refractivity contribution in [1.29, 1.82) is 0 Å². The third kappa shape index (κ3) is 13.0. The first kappa shape index (κ1) is 54.4. The Morgan fingerprint density at radius 3 is 0.787 bits per heavy atom. The lowest BCUT2D eigenvalue weighted by Gasteiger charge is -2.59. The van der Waals surface area contributed by atoms with Gasteiger partial charge in [-0.1, -0.05) is 37.5 Å². The summed E-state index contributed by atoms with van der Waals surface area (Å²) < 4.78 is 0. The Bertz CT molecular complexity index is 1880. The van der Waals surface area contributed by atoms with Gasteiger partial charge in [-0.25, -0.2) is 0 Å². The Labute approximate surface area is 450 Å². The van der Waals surface area contributed by atoms with Crippen molar-refractivity contribution in [2.75, 3.05) is 40.8 Å². The molecule has 1 aromatic rings. The molecule has 3 N–H and O–H groups in total. The molecular weight excluding hydrogens is 937 g/mol. The maximum atomic E-state index is 13.4. The minimum absolute atomic E-state index is 0.0245. The molecule has 0 heterocycles. The number of carbonyl (C=O) groups excluding carboxylic acids is 6. The fourth-order valence-corrected chi connectivity index (χ4v) is 19.0. The number of hydrogen-bond acceptors (Lipinski definition) is 6. The van der Waals surface area contributed by atoms with Gasteiger partial charge >= 0.3 is 0 Å². The summed E-state index contributed by atoms with van der Waals surface area (Å²) in [5, 5.41) is 9.15. The predicted molar refractivity (Wildman–Crippen MR) is 293 cm³/mol. The lowest BCUT2D eigenvalue weighted by molar-refractivity contribution is -0.150. The second-order valence-electron chi connectivity index (χ2n) is 27.5. The van der Waals surface area contributed by atoms with Crippen LogP contribution >= 0.6 is 0 Å². The van der Waals surface area contributed by atoms with Crippen LogP contribution in [0.15, 0.2) is 18.2 Å². The van der Waals surface area contributed by atoms with Gasteiger partial charge in [0.1, 0.15) is 19.3 Å². The molecule has 0 radical (unpaired) electrons. The first-order valence-electron chi connectivity index (χ1n) is 30.8. The molecule has 12 heteroatoms. The first-order valence-corrected chi connectivity index (χ1v) is 30.8. The molecular formula is C63H96N6O6. The number of benzene rings is 1. The summed E-state index contributed by atoms with van der Waals surface area (Å²) in [5.41, 5.74) is 3.96. The number of aryl methyl sites for hydroxylation is 3. The zero-order chi connectivity index (χ0) is 52.3. The number of nitrogens with zero attached hydrogens (tertiary/aromatic N) is 3. The van der Waals surface area contributed by atoms with Gasteiger partial charge in [0.05, 0.1) is 0 Å². The largest absolute Gasteiger partial charge is 0.356 e. The minimum atomic E-state index is -0.158. The molecule has 12 fully saturated rings. The van der Waals surface area contributed by atoms with Crippen molar-refractivity contribution in [3.8, 4) is 0 Å². The Morgan fingerprint density at radius 2 is 0.573 bits per heavy atom. The molecule has 0 aliphatic heterocycles. The summed E-state index contributed by atoms with van der Waals surface area (Å²) in [6.45, 7) is 1.76. The summed E-state index contributed by atoms with van der Waals surface area (Å²) in [7, 11) is 5.86. The van der Waals surface area contributed by atoms with E-state index in [2.05, 4.69) is 34.1 Å². The van der Waals surface area contributed by atoms with Gasteiger partial charge in [0.25, 0.3) is 0 Å². The van der Waals surface area contributed by atoms with E-state index in [0.29, 0.717) is 19.6 Å². The van der Waals surface area contributed by atoms with Crippen LogP contribution in [0.4, 0.5) is 0 Å². The third-order valence-corrected chi connectivity index (χ3v) is 21.7. The van der Waals surface area contributed by atoms with Crippen LogP contribution in [0.5, 0.6) is 0 Å². The predicted octanol–water partition coefficient (Wildman–Crippen LogP) is 9.63. The van der Waals surface area contributed by atoms with Crippen molar-refractivity contribution in [2.24, 2.45) is 53.3 Å². The molecule has 0 atom stereocenters. The topological polar surface area (TPSA) is 148 Å². The second-order valence-corrected chi connectivity index (χ2v) is 27.5. The average Bonchev–Trinajstić information content (AvgIpc) is 3.35. The van der Waals surface area contributed by atoms with Gasteiger partial charge in [0.2, 0.25) is 35.4 Å². The standard InChI is InChI=1S/C63H96N6O6/c1-67(61-34-46-22-47(35-61)24-48(23-46)36-61)58(73)31-55(70)64-16-10-4-7-13-43-19-44(14-8-5-11-17-65-56(71)32-59(74)68(2)62-37-49-25-50(38-62)27-51(26-49)39-62)21-45(20-43)15-9-6-12-18-66-57(72)33-60(75)69(3)63-40-52-28-53(41-63)30-54(29-52)42-63/h19-21,46-54H,4-18,22-42H2,1-3H3,(H,64,70)(H,65,71)(H,66,72). The van der Waals surface area contributed by atoms with E-state index in [9.17, 15) is 28.8 Å². The number of amides is 6. The zero-order valence-corrected chi connectivity index (χ0v) is 46.7. The summed E-state index contributed by atoms with van der Waals surface area (Å²) >= 11 is 0. The van der Waals surface area contributed by atoms with Crippen molar-refractivity contribution < 1.29 is 28.8 Å². The van der Waals surface area contributed by atoms with Crippen LogP contribution in [0.25, 0.3) is 0 Å². The molecule has 12 nitrogen and oxygen atoms in total. The van der Waals surface area contributed by atoms with Gasteiger partial charge in [-0.15, -0.1) is 0 Å². The zero-order valence-electron chi connectivity index (χ0n) is 46.7. The van der Waals surface area contributed by atoms with Gasteiger partial charge in [-0.3, -0.25) is 28.8 Å². The molecule has 75 heavy (non-hydrogen) atoms. The summed E-state index contributed by atoms with van der Waals surface area (Å²) in [4.78, 5) is 84.8. The van der Waals surface area contributed by atoms with Crippen molar-refractivity contribution >= 4 is 35.4 Å². The van der Waals surface area contributed by atoms with Crippen LogP contribution in [-0.2, 0) is 48.0 Å². The SMILES string of the molecule is CN(C(=O)CC(=O)NCCCCCc1cc(CCCCCNC(=O)CC(=O)N(C)C23CC4CC(CC(C4)C2)C3)cc(CCCCCNC(=O)CC(=O)N(C)C23CC4CC(CC(C4)C2)C3)c1)C12CC3CC(CC(C3)C1)C2. The number of rotatable bonds is 27. The van der Waals surface area contributed by atoms with Gasteiger partial charge in [-0.2, -0.15) is 0 Å². The third-order valence-electron chi connectivity index (χ3n) is 21.7. The normalized spacial score (nSPS) is 33.1. The lowest BCUT2D eigenvalue weighted by atomic mass is 9.52. The highest BCUT2D eigenvalue weighted by Gasteiger charge is 2.56. The molecule has 0 unspecified atom stereocenters. The Morgan fingerprint density at radius 1 is 0.360 bits per heavy atom. The molecule has 0 spiro atoms. The van der Waals surface area contributed by atoms with E-state index >= 15 is 0 Å². The molecule has 13 rings (SSSR count). The van der Waals surface area contributed by atoms with E-state index in [-0.39, 0.29) is 71.3 Å². The summed E-state index contributed by atoms with van der Waals surface area (Å²) in [6, 6.07) is 7.09. The highest BCUT2D eigenvalue weighted by atomic mass is 16.2. The van der Waals surface area contributed by atoms with E-state index in [1.165, 1.54) is 74.5 Å². The molecule has 414 valence electrons. The molecule has 12 bridgehead atoms. The first-order chi connectivity index (χ1) is 36.1. The smallest absolute Gasteiger partial charge is 0.232 e. The van der Waals surface area contributed by atoms with Crippen LogP contribution in [0.1, 0.15) is 209 Å². The van der Waals surface area contributed by atoms with E-state index in [0.717, 1.165) is 188 Å². The number of hydrogen-bond donors (Lipinski definition) is 3. The van der Waals surface area contributed by atoms with Gasteiger partial charge < -0.3 is 30.7 Å². The van der Waals surface area contributed by atoms with Crippen LogP contribution in [0.2, 0.25) is 0 Å². The molecule has 12 aliphatic rings. The molecule has 12 saturated carbocycles. The Hall–Kier alpha value is -3.96. The van der Waals surface area contributed by atoms with Crippen molar-refractivity contribution in [1.82, 2.24) is 30.7 Å². The van der Waals surface area contributed by atoms with Crippen molar-refractivity contribution in [2.45, 2.75) is 229 Å². The quantitative estimate of drug-likeness (QED) is 0.0591. The highest BCUT2D eigenvalue weighted by Crippen LogP contribution is 2.60. The highest BCUT2D eigenvalue weighted by molar-refractivity contribution is 5.98. The molecule has 1 aromatic carbocycles. The van der Waals surface area contributed by atoms with Gasteiger partial charge in [0.15, 0.2) is 0 Å². The number of carbonyl (C=O) groups is 6. The molecule has 0 aromatic heterocycles. The van der Waals surface area contributed by atoms with E-state index in [4.69, 9.17) is 0 Å². The molecule has 0 saturated heterocycles. The fourth-order valence-electron chi connectivity index (χ4n) is 19.0. The maximum Gasteiger partial charge on any atom is 0.232 e. The Kier molecular flexibility index (Phi) is 17.1. The summed E-state index contributed by atoms with van der Waals surface area (Å²) in [5.74, 6) is 6.23. The van der Waals surface area contributed by atoms with Crippen molar-refractivity contribution in [3.63, 3.8) is 0 Å². The van der Waals surface area contributed by atoms with Crippen LogP contribution in [-0.4, -0.2) is 108 Å². The van der Waals surface area contributed by atoms with Gasteiger partial charge in [-0.05, 0) is 243 Å². The number of nitrogens with one attached hydrogen (secondary N) is 3. The van der Waals surface area contributed by atoms with E-state index < -0.39 is 0 Å². The second kappa shape index (κ2) is 23.6. The van der Waals surface area contributed by atoms with Crippen LogP contribution < -0.4 is 16.0 Å². The maximum absolute atomic E-state index is 13.4. The van der Waals surface area contributed by atoms with Crippen LogP contribution in [0, 0.1) is 53.3 Å². The van der Waals surface area contributed by atoms with Gasteiger partial charge in [0, 0.05) is 57.4 Å².